The third-order valence-electron chi connectivity index (χ3n) is 10.7. The van der Waals surface area contributed by atoms with Crippen molar-refractivity contribution in [1.29, 1.82) is 0 Å². The van der Waals surface area contributed by atoms with Gasteiger partial charge in [0.25, 0.3) is 0 Å². The molecule has 3 heterocycles. The molecule has 3 aliphatic rings. The molecule has 45 heavy (non-hydrogen) atoms. The van der Waals surface area contributed by atoms with Crippen molar-refractivity contribution in [2.24, 2.45) is 11.8 Å². The average Bonchev–Trinajstić information content (AvgIpc) is 3.85. The van der Waals surface area contributed by atoms with Crippen LogP contribution in [0.1, 0.15) is 139 Å². The minimum absolute atomic E-state index is 0.00195. The van der Waals surface area contributed by atoms with E-state index in [1.807, 2.05) is 36.0 Å². The molecule has 2 amide bonds. The first-order valence-electron chi connectivity index (χ1n) is 17.5. The number of rotatable bonds is 13. The largest absolute Gasteiger partial charge is 0.483 e. The van der Waals surface area contributed by atoms with E-state index < -0.39 is 6.04 Å². The molecule has 2 aromatic heterocycles. The number of hydrogen-bond donors (Lipinski definition) is 3. The van der Waals surface area contributed by atoms with Gasteiger partial charge in [0.1, 0.15) is 17.7 Å². The molecule has 5 rings (SSSR count). The van der Waals surface area contributed by atoms with Crippen LogP contribution in [0.5, 0.6) is 0 Å². The predicted molar refractivity (Wildman–Crippen MR) is 175 cm³/mol. The number of aromatic amines is 2. The Morgan fingerprint density at radius 2 is 1.62 bits per heavy atom. The van der Waals surface area contributed by atoms with Crippen LogP contribution in [0.15, 0.2) is 24.9 Å². The van der Waals surface area contributed by atoms with E-state index in [0.29, 0.717) is 30.7 Å². The first-order valence-corrected chi connectivity index (χ1v) is 17.5. The van der Waals surface area contributed by atoms with Crippen LogP contribution in [0, 0.1) is 11.8 Å². The molecule has 3 fully saturated rings. The summed E-state index contributed by atoms with van der Waals surface area (Å²) in [7, 11) is 1.55. The van der Waals surface area contributed by atoms with Gasteiger partial charge >= 0.3 is 0 Å². The fraction of sp³-hybridized carbons (Fsp3) is 0.714. The fourth-order valence-electron chi connectivity index (χ4n) is 8.09. The van der Waals surface area contributed by atoms with Crippen molar-refractivity contribution in [2.75, 3.05) is 20.2 Å². The Hall–Kier alpha value is -3.30. The van der Waals surface area contributed by atoms with Gasteiger partial charge in [-0.05, 0) is 96.0 Å². The van der Waals surface area contributed by atoms with Crippen LogP contribution in [0.2, 0.25) is 0 Å². The number of aromatic nitrogens is 4. The number of carbonyl (C=O) groups excluding carboxylic acids is 2. The van der Waals surface area contributed by atoms with Crippen LogP contribution in [-0.2, 0) is 20.9 Å². The van der Waals surface area contributed by atoms with E-state index in [1.165, 1.54) is 62.8 Å². The number of hydrogen-bond acceptors (Lipinski definition) is 6. The van der Waals surface area contributed by atoms with Crippen LogP contribution in [0.25, 0.3) is 0 Å². The van der Waals surface area contributed by atoms with Gasteiger partial charge < -0.3 is 29.8 Å². The molecular formula is C35H55N7O3. The van der Waals surface area contributed by atoms with Crippen molar-refractivity contribution < 1.29 is 14.3 Å². The van der Waals surface area contributed by atoms with Gasteiger partial charge in [-0.1, -0.05) is 13.8 Å². The highest BCUT2D eigenvalue weighted by molar-refractivity contribution is 5.82. The van der Waals surface area contributed by atoms with E-state index in [4.69, 9.17) is 9.72 Å². The summed E-state index contributed by atoms with van der Waals surface area (Å²) in [6.45, 7) is 11.8. The second-order valence-corrected chi connectivity index (χ2v) is 13.6. The number of imidazole rings is 2. The lowest BCUT2D eigenvalue weighted by molar-refractivity contribution is -0.134. The maximum absolute atomic E-state index is 13.2. The molecule has 248 valence electrons. The second-order valence-electron chi connectivity index (χ2n) is 13.6. The van der Waals surface area contributed by atoms with E-state index in [9.17, 15) is 9.59 Å². The molecule has 0 spiro atoms. The lowest BCUT2D eigenvalue weighted by atomic mass is 9.68. The summed E-state index contributed by atoms with van der Waals surface area (Å²) < 4.78 is 5.10. The van der Waals surface area contributed by atoms with E-state index in [-0.39, 0.29) is 17.9 Å². The summed E-state index contributed by atoms with van der Waals surface area (Å²) in [5, 5.41) is 3.04. The highest BCUT2D eigenvalue weighted by Gasteiger charge is 2.36. The van der Waals surface area contributed by atoms with E-state index in [1.54, 1.807) is 7.11 Å². The van der Waals surface area contributed by atoms with Crippen molar-refractivity contribution in [3.05, 3.63) is 47.9 Å². The molecule has 1 saturated heterocycles. The van der Waals surface area contributed by atoms with Crippen molar-refractivity contribution >= 4 is 11.8 Å². The number of nitrogens with one attached hydrogen (secondary N) is 3. The molecule has 10 heteroatoms. The highest BCUT2D eigenvalue weighted by Crippen LogP contribution is 2.45. The van der Waals surface area contributed by atoms with Crippen molar-refractivity contribution in [2.45, 2.75) is 128 Å². The smallest absolute Gasteiger partial charge is 0.245 e. The zero-order valence-corrected chi connectivity index (χ0v) is 27.9. The van der Waals surface area contributed by atoms with Crippen molar-refractivity contribution in [3.63, 3.8) is 0 Å². The first kappa shape index (κ1) is 33.1. The lowest BCUT2D eigenvalue weighted by Gasteiger charge is -2.37. The molecule has 0 radical (unpaired) electrons. The third kappa shape index (κ3) is 7.93. The molecule has 1 aliphatic heterocycles. The summed E-state index contributed by atoms with van der Waals surface area (Å²) in [5.74, 6) is 5.17. The van der Waals surface area contributed by atoms with Crippen molar-refractivity contribution in [3.8, 4) is 0 Å². The normalized spacial score (nSPS) is 26.0. The van der Waals surface area contributed by atoms with Gasteiger partial charge in [0.05, 0.1) is 19.7 Å². The van der Waals surface area contributed by atoms with Crippen LogP contribution < -0.4 is 5.32 Å². The Morgan fingerprint density at radius 3 is 2.22 bits per heavy atom. The van der Waals surface area contributed by atoms with Crippen molar-refractivity contribution in [1.82, 2.24) is 35.1 Å². The quantitative estimate of drug-likeness (QED) is 0.226. The molecule has 2 aromatic rings. The summed E-state index contributed by atoms with van der Waals surface area (Å²) >= 11 is 0. The zero-order valence-electron chi connectivity index (χ0n) is 27.9. The maximum Gasteiger partial charge on any atom is 0.245 e. The molecule has 3 N–H and O–H groups in total. The van der Waals surface area contributed by atoms with Gasteiger partial charge in [-0.2, -0.15) is 0 Å². The topological polar surface area (TPSA) is 119 Å². The Balaban J connectivity index is 1.08. The number of H-pyrrole nitrogens is 2. The third-order valence-corrected chi connectivity index (χ3v) is 10.7. The van der Waals surface area contributed by atoms with Gasteiger partial charge in [-0.25, -0.2) is 9.97 Å². The Bertz CT molecular complexity index is 1270. The summed E-state index contributed by atoms with van der Waals surface area (Å²) in [5.41, 5.74) is 2.48. The Morgan fingerprint density at radius 1 is 1.00 bits per heavy atom. The molecular weight excluding hydrogens is 566 g/mol. The predicted octanol–water partition coefficient (Wildman–Crippen LogP) is 6.29. The van der Waals surface area contributed by atoms with Gasteiger partial charge in [0.2, 0.25) is 11.8 Å². The van der Waals surface area contributed by atoms with Gasteiger partial charge in [0, 0.05) is 55.1 Å². The molecule has 0 bridgehead atoms. The standard InChI is InChI=1S/C35H55N7O3/c1-6-18-41(33(43)7-2)22-32-36-20-29(39-32)27-14-10-25(11-15-27)26-12-16-28(17-13-26)30-21-37-34(40-30)31-9-8-19-42(31)35(44)23(3)38-24(4)45-5/h20-21,23,25-28,31,38H,4,6-19,22H2,1-3,5H3,(H,36,39)(H,37,40). The first-order chi connectivity index (χ1) is 21.8. The molecule has 2 unspecified atom stereocenters. The monoisotopic (exact) mass is 621 g/mol. The molecule has 2 aliphatic carbocycles. The number of ether oxygens (including phenoxy) is 1. The number of methoxy groups -OCH3 is 1. The van der Waals surface area contributed by atoms with Crippen LogP contribution in [-0.4, -0.2) is 67.8 Å². The number of carbonyl (C=O) groups is 2. The summed E-state index contributed by atoms with van der Waals surface area (Å²) in [6.07, 6.45) is 17.4. The van der Waals surface area contributed by atoms with Crippen LogP contribution in [0.4, 0.5) is 0 Å². The highest BCUT2D eigenvalue weighted by atomic mass is 16.5. The molecule has 0 aromatic carbocycles. The minimum Gasteiger partial charge on any atom is -0.483 e. The average molecular weight is 622 g/mol. The van der Waals surface area contributed by atoms with Crippen LogP contribution in [0.3, 0.4) is 0 Å². The summed E-state index contributed by atoms with van der Waals surface area (Å²) in [6, 6.07) is -0.397. The Kier molecular flexibility index (Phi) is 11.3. The molecule has 10 nitrogen and oxygen atoms in total. The number of likely N-dealkylation sites (tertiary alicyclic amines) is 1. The van der Waals surface area contributed by atoms with E-state index >= 15 is 0 Å². The molecule has 2 saturated carbocycles. The van der Waals surface area contributed by atoms with E-state index in [2.05, 4.69) is 33.8 Å². The van der Waals surface area contributed by atoms with E-state index in [0.717, 1.165) is 55.8 Å². The second kappa shape index (κ2) is 15.3. The zero-order chi connectivity index (χ0) is 31.9. The van der Waals surface area contributed by atoms with Crippen LogP contribution >= 0.6 is 0 Å². The van der Waals surface area contributed by atoms with Gasteiger partial charge in [-0.15, -0.1) is 0 Å². The molecule has 2 atom stereocenters. The van der Waals surface area contributed by atoms with Gasteiger partial charge in [0.15, 0.2) is 5.88 Å². The number of amides is 2. The minimum atomic E-state index is -0.395. The fourth-order valence-corrected chi connectivity index (χ4v) is 8.09. The SMILES string of the molecule is C=C(NC(C)C(=O)N1CCCC1c1ncc(C2CCC(C3CCC(c4cnc(CN(CCC)C(=O)CC)[nH]4)CC3)CC2)[nH]1)OC. The maximum atomic E-state index is 13.2. The number of nitrogens with zero attached hydrogens (tertiary/aromatic N) is 4. The Labute approximate surface area is 269 Å². The summed E-state index contributed by atoms with van der Waals surface area (Å²) in [4.78, 5) is 46.0. The van der Waals surface area contributed by atoms with Gasteiger partial charge in [-0.3, -0.25) is 9.59 Å². The lowest BCUT2D eigenvalue weighted by Crippen LogP contribution is -2.44.